The Morgan fingerprint density at radius 1 is 1.44 bits per heavy atom. The fourth-order valence-electron chi connectivity index (χ4n) is 1.04. The molecule has 0 unspecified atom stereocenters. The number of anilines is 1. The van der Waals surface area contributed by atoms with Gasteiger partial charge in [-0.15, -0.1) is 11.6 Å². The fourth-order valence-corrected chi connectivity index (χ4v) is 1.21. The van der Waals surface area contributed by atoms with Gasteiger partial charge in [0.25, 0.3) is 0 Å². The van der Waals surface area contributed by atoms with Gasteiger partial charge >= 0.3 is 6.03 Å². The van der Waals surface area contributed by atoms with Gasteiger partial charge in [-0.3, -0.25) is 20.0 Å². The molecule has 3 amide bonds. The summed E-state index contributed by atoms with van der Waals surface area (Å²) in [6.45, 7) is 0. The number of carbonyl (C=O) groups excluding carboxylic acids is 2. The highest BCUT2D eigenvalue weighted by atomic mass is 35.5. The largest absolute Gasteiger partial charge is 0.328 e. The quantitative estimate of drug-likeness (QED) is 0.814. The lowest BCUT2D eigenvalue weighted by molar-refractivity contribution is -0.119. The molecule has 0 aliphatic carbocycles. The van der Waals surface area contributed by atoms with Gasteiger partial charge in [0.15, 0.2) is 0 Å². The molecule has 0 aromatic carbocycles. The van der Waals surface area contributed by atoms with Gasteiger partial charge in [-0.1, -0.05) is 0 Å². The third-order valence-electron chi connectivity index (χ3n) is 1.92. The number of rotatable bonds is 3. The molecule has 0 aliphatic heterocycles. The zero-order chi connectivity index (χ0) is 12.0. The van der Waals surface area contributed by atoms with E-state index < -0.39 is 6.03 Å². The van der Waals surface area contributed by atoms with Crippen LogP contribution in [0.2, 0.25) is 0 Å². The molecule has 0 aliphatic rings. The summed E-state index contributed by atoms with van der Waals surface area (Å²) in [5, 5.41) is 2.22. The number of imide groups is 1. The minimum Gasteiger partial charge on any atom is -0.297 e. The highest BCUT2D eigenvalue weighted by molar-refractivity contribution is 6.19. The first-order valence-corrected chi connectivity index (χ1v) is 5.22. The average molecular weight is 242 g/mol. The number of pyridine rings is 1. The van der Waals surface area contributed by atoms with E-state index in [1.807, 2.05) is 0 Å². The van der Waals surface area contributed by atoms with E-state index in [0.717, 1.165) is 0 Å². The van der Waals surface area contributed by atoms with E-state index in [4.69, 9.17) is 11.6 Å². The van der Waals surface area contributed by atoms with Crippen molar-refractivity contribution in [1.29, 1.82) is 0 Å². The van der Waals surface area contributed by atoms with Crippen molar-refractivity contribution in [1.82, 2.24) is 10.3 Å². The Morgan fingerprint density at radius 2 is 2.06 bits per heavy atom. The number of carbonyl (C=O) groups is 2. The second kappa shape index (κ2) is 6.07. The molecule has 16 heavy (non-hydrogen) atoms. The van der Waals surface area contributed by atoms with Crippen molar-refractivity contribution in [2.24, 2.45) is 0 Å². The van der Waals surface area contributed by atoms with Crippen LogP contribution in [0.25, 0.3) is 0 Å². The lowest BCUT2D eigenvalue weighted by Gasteiger charge is -2.16. The minimum atomic E-state index is -0.485. The SMILES string of the molecule is CN(C(=O)NC(=O)CCCl)c1ccncc1. The smallest absolute Gasteiger partial charge is 0.297 e. The predicted molar refractivity (Wildman–Crippen MR) is 61.5 cm³/mol. The number of hydrogen-bond donors (Lipinski definition) is 1. The van der Waals surface area contributed by atoms with Crippen LogP contribution in [0.1, 0.15) is 6.42 Å². The molecule has 0 spiro atoms. The Hall–Kier alpha value is -1.62. The van der Waals surface area contributed by atoms with E-state index in [1.54, 1.807) is 31.6 Å². The van der Waals surface area contributed by atoms with Crippen LogP contribution in [0.4, 0.5) is 10.5 Å². The Labute approximate surface area is 98.4 Å². The van der Waals surface area contributed by atoms with Crippen LogP contribution in [-0.2, 0) is 4.79 Å². The van der Waals surface area contributed by atoms with Gasteiger partial charge in [-0.25, -0.2) is 4.79 Å². The Bertz CT molecular complexity index is 370. The summed E-state index contributed by atoms with van der Waals surface area (Å²) in [6.07, 6.45) is 3.26. The zero-order valence-corrected chi connectivity index (χ0v) is 9.57. The van der Waals surface area contributed by atoms with Crippen molar-refractivity contribution in [3.8, 4) is 0 Å². The maximum atomic E-state index is 11.6. The molecule has 1 heterocycles. The van der Waals surface area contributed by atoms with Crippen molar-refractivity contribution in [2.45, 2.75) is 6.42 Å². The van der Waals surface area contributed by atoms with Crippen LogP contribution in [0, 0.1) is 0 Å². The van der Waals surface area contributed by atoms with Crippen molar-refractivity contribution >= 4 is 29.2 Å². The zero-order valence-electron chi connectivity index (χ0n) is 8.81. The summed E-state index contributed by atoms with van der Waals surface area (Å²) < 4.78 is 0. The van der Waals surface area contributed by atoms with E-state index in [0.29, 0.717) is 5.69 Å². The summed E-state index contributed by atoms with van der Waals surface area (Å²) in [7, 11) is 1.57. The lowest BCUT2D eigenvalue weighted by atomic mass is 10.4. The Kier molecular flexibility index (Phi) is 4.72. The minimum absolute atomic E-state index is 0.123. The molecule has 1 aromatic heterocycles. The second-order valence-electron chi connectivity index (χ2n) is 3.06. The molecule has 0 radical (unpaired) electrons. The van der Waals surface area contributed by atoms with Gasteiger partial charge in [0.2, 0.25) is 5.91 Å². The van der Waals surface area contributed by atoms with Gasteiger partial charge < -0.3 is 0 Å². The molecule has 1 aromatic rings. The summed E-state index contributed by atoms with van der Waals surface area (Å²) in [5.74, 6) is -0.196. The monoisotopic (exact) mass is 241 g/mol. The van der Waals surface area contributed by atoms with Crippen molar-refractivity contribution in [3.63, 3.8) is 0 Å². The summed E-state index contributed by atoms with van der Waals surface area (Å²) in [5.41, 5.74) is 0.658. The highest BCUT2D eigenvalue weighted by Gasteiger charge is 2.13. The number of halogens is 1. The number of nitrogens with one attached hydrogen (secondary N) is 1. The molecule has 0 saturated carbocycles. The van der Waals surface area contributed by atoms with Crippen molar-refractivity contribution < 1.29 is 9.59 Å². The average Bonchev–Trinajstić information content (AvgIpc) is 2.29. The van der Waals surface area contributed by atoms with Crippen LogP contribution < -0.4 is 10.2 Å². The van der Waals surface area contributed by atoms with E-state index >= 15 is 0 Å². The maximum Gasteiger partial charge on any atom is 0.328 e. The molecule has 0 atom stereocenters. The predicted octanol–water partition coefficient (Wildman–Crippen LogP) is 1.38. The summed E-state index contributed by atoms with van der Waals surface area (Å²) in [6, 6.07) is 2.86. The Morgan fingerprint density at radius 3 is 2.62 bits per heavy atom. The first-order valence-electron chi connectivity index (χ1n) is 4.68. The number of urea groups is 1. The molecule has 0 saturated heterocycles. The van der Waals surface area contributed by atoms with Gasteiger partial charge in [0, 0.05) is 37.4 Å². The van der Waals surface area contributed by atoms with E-state index in [2.05, 4.69) is 10.3 Å². The normalized spacial score (nSPS) is 9.62. The topological polar surface area (TPSA) is 62.3 Å². The van der Waals surface area contributed by atoms with Gasteiger partial charge in [0.1, 0.15) is 0 Å². The summed E-state index contributed by atoms with van der Waals surface area (Å²) >= 11 is 5.38. The summed E-state index contributed by atoms with van der Waals surface area (Å²) in [4.78, 5) is 27.9. The maximum absolute atomic E-state index is 11.6. The molecular weight excluding hydrogens is 230 g/mol. The van der Waals surface area contributed by atoms with Crippen LogP contribution in [0.3, 0.4) is 0 Å². The number of hydrogen-bond acceptors (Lipinski definition) is 3. The third-order valence-corrected chi connectivity index (χ3v) is 2.11. The molecule has 0 bridgehead atoms. The van der Waals surface area contributed by atoms with Gasteiger partial charge in [-0.2, -0.15) is 0 Å². The first-order chi connectivity index (χ1) is 7.65. The van der Waals surface area contributed by atoms with Gasteiger partial charge in [0.05, 0.1) is 0 Å². The van der Waals surface area contributed by atoms with E-state index in [9.17, 15) is 9.59 Å². The number of nitrogens with zero attached hydrogens (tertiary/aromatic N) is 2. The molecule has 5 nitrogen and oxygen atoms in total. The molecule has 1 rings (SSSR count). The van der Waals surface area contributed by atoms with Crippen LogP contribution in [-0.4, -0.2) is 29.8 Å². The fraction of sp³-hybridized carbons (Fsp3) is 0.300. The molecule has 1 N–H and O–H groups in total. The molecule has 6 heteroatoms. The molecule has 86 valence electrons. The molecule has 0 fully saturated rings. The standard InChI is InChI=1S/C10H12ClN3O2/c1-14(8-3-6-12-7-4-8)10(16)13-9(15)2-5-11/h3-4,6-7H,2,5H2,1H3,(H,13,15,16). The van der Waals surface area contributed by atoms with Crippen LogP contribution in [0.5, 0.6) is 0 Å². The third kappa shape index (κ3) is 3.51. The van der Waals surface area contributed by atoms with E-state index in [1.165, 1.54) is 4.90 Å². The van der Waals surface area contributed by atoms with Gasteiger partial charge in [-0.05, 0) is 12.1 Å². The second-order valence-corrected chi connectivity index (χ2v) is 3.43. The lowest BCUT2D eigenvalue weighted by Crippen LogP contribution is -2.40. The Balaban J connectivity index is 2.58. The van der Waals surface area contributed by atoms with E-state index in [-0.39, 0.29) is 18.2 Å². The van der Waals surface area contributed by atoms with Crippen LogP contribution >= 0.6 is 11.6 Å². The van der Waals surface area contributed by atoms with Crippen molar-refractivity contribution in [3.05, 3.63) is 24.5 Å². The molecular formula is C10H12ClN3O2. The van der Waals surface area contributed by atoms with Crippen LogP contribution in [0.15, 0.2) is 24.5 Å². The van der Waals surface area contributed by atoms with Crippen molar-refractivity contribution in [2.75, 3.05) is 17.8 Å². The number of amides is 3. The number of aromatic nitrogens is 1. The number of alkyl halides is 1. The highest BCUT2D eigenvalue weighted by Crippen LogP contribution is 2.09. The first kappa shape index (κ1) is 12.4.